The van der Waals surface area contributed by atoms with Gasteiger partial charge in [-0.15, -0.1) is 0 Å². The Kier molecular flexibility index (Phi) is 9.44. The molecule has 0 radical (unpaired) electrons. The predicted octanol–water partition coefficient (Wildman–Crippen LogP) is 5.47. The first-order valence-corrected chi connectivity index (χ1v) is 12.6. The molecule has 0 spiro atoms. The lowest BCUT2D eigenvalue weighted by Gasteiger charge is -2.15. The van der Waals surface area contributed by atoms with Gasteiger partial charge in [0.25, 0.3) is 0 Å². The van der Waals surface area contributed by atoms with Gasteiger partial charge in [-0.1, -0.05) is 24.3 Å². The van der Waals surface area contributed by atoms with E-state index in [0.29, 0.717) is 26.4 Å². The monoisotopic (exact) mass is 598 g/mol. The summed E-state index contributed by atoms with van der Waals surface area (Å²) in [6.45, 7) is 1.57. The SMILES string of the molecule is OCC(COCc1ccc(-c2cccc(Br)n2)nc1)COCc1ccc(-c2cccc(Br)n2)nc1. The molecule has 0 bridgehead atoms. The minimum Gasteiger partial charge on any atom is -0.396 e. The second-order valence-corrected chi connectivity index (χ2v) is 9.50. The Hall–Kier alpha value is -2.56. The predicted molar refractivity (Wildman–Crippen MR) is 140 cm³/mol. The van der Waals surface area contributed by atoms with Gasteiger partial charge in [0.2, 0.25) is 0 Å². The molecule has 0 aromatic carbocycles. The van der Waals surface area contributed by atoms with E-state index in [1.807, 2.05) is 60.7 Å². The van der Waals surface area contributed by atoms with Gasteiger partial charge in [0.05, 0.1) is 55.8 Å². The summed E-state index contributed by atoms with van der Waals surface area (Å²) in [5.74, 6) is -0.119. The molecule has 9 heteroatoms. The van der Waals surface area contributed by atoms with E-state index in [4.69, 9.17) is 9.47 Å². The van der Waals surface area contributed by atoms with E-state index in [1.165, 1.54) is 0 Å². The van der Waals surface area contributed by atoms with Gasteiger partial charge in [0, 0.05) is 18.3 Å². The molecule has 0 atom stereocenters. The van der Waals surface area contributed by atoms with Crippen LogP contribution in [0, 0.1) is 5.92 Å². The molecule has 4 heterocycles. The summed E-state index contributed by atoms with van der Waals surface area (Å²) in [6.07, 6.45) is 3.56. The van der Waals surface area contributed by atoms with Crippen LogP contribution in [0.1, 0.15) is 11.1 Å². The normalized spacial score (nSPS) is 11.2. The molecule has 0 amide bonds. The first kappa shape index (κ1) is 25.5. The summed E-state index contributed by atoms with van der Waals surface area (Å²) in [7, 11) is 0. The Balaban J connectivity index is 1.20. The molecule has 0 aliphatic carbocycles. The summed E-state index contributed by atoms with van der Waals surface area (Å²) in [5, 5.41) is 9.68. The molecule has 35 heavy (non-hydrogen) atoms. The number of aliphatic hydroxyl groups is 1. The summed E-state index contributed by atoms with van der Waals surface area (Å²) in [4.78, 5) is 17.8. The quantitative estimate of drug-likeness (QED) is 0.229. The number of halogens is 2. The third-order valence-corrected chi connectivity index (χ3v) is 5.99. The number of pyridine rings is 4. The lowest BCUT2D eigenvalue weighted by molar-refractivity contribution is 0.00550. The Morgan fingerprint density at radius 1 is 0.657 bits per heavy atom. The number of aliphatic hydroxyl groups excluding tert-OH is 1. The summed E-state index contributed by atoms with van der Waals surface area (Å²) in [6, 6.07) is 19.2. The number of nitrogens with zero attached hydrogens (tertiary/aromatic N) is 4. The molecule has 0 aliphatic heterocycles. The van der Waals surface area contributed by atoms with Crippen LogP contribution in [0.3, 0.4) is 0 Å². The van der Waals surface area contributed by atoms with Gasteiger partial charge < -0.3 is 14.6 Å². The van der Waals surface area contributed by atoms with E-state index in [-0.39, 0.29) is 12.5 Å². The van der Waals surface area contributed by atoms with Crippen molar-refractivity contribution in [1.29, 1.82) is 0 Å². The van der Waals surface area contributed by atoms with E-state index in [1.54, 1.807) is 12.4 Å². The Morgan fingerprint density at radius 2 is 1.14 bits per heavy atom. The third kappa shape index (κ3) is 7.71. The van der Waals surface area contributed by atoms with Crippen LogP contribution < -0.4 is 0 Å². The maximum absolute atomic E-state index is 9.68. The third-order valence-electron chi connectivity index (χ3n) is 5.11. The van der Waals surface area contributed by atoms with E-state index in [9.17, 15) is 5.11 Å². The molecule has 0 fully saturated rings. The van der Waals surface area contributed by atoms with Crippen LogP contribution in [0.2, 0.25) is 0 Å². The molecular formula is C26H24Br2N4O3. The fraction of sp³-hybridized carbons (Fsp3) is 0.231. The van der Waals surface area contributed by atoms with Gasteiger partial charge in [0.1, 0.15) is 9.21 Å². The van der Waals surface area contributed by atoms with Crippen LogP contribution in [0.25, 0.3) is 22.8 Å². The average Bonchev–Trinajstić information content (AvgIpc) is 2.88. The zero-order valence-corrected chi connectivity index (χ0v) is 22.0. The van der Waals surface area contributed by atoms with E-state index in [2.05, 4.69) is 51.8 Å². The summed E-state index contributed by atoms with van der Waals surface area (Å²) < 4.78 is 13.1. The number of aromatic nitrogens is 4. The van der Waals surface area contributed by atoms with Gasteiger partial charge in [-0.25, -0.2) is 9.97 Å². The molecule has 0 saturated heterocycles. The minimum absolute atomic E-state index is 0.0164. The average molecular weight is 600 g/mol. The molecular weight excluding hydrogens is 576 g/mol. The van der Waals surface area contributed by atoms with Crippen molar-refractivity contribution in [3.8, 4) is 22.8 Å². The number of rotatable bonds is 11. The Morgan fingerprint density at radius 3 is 1.51 bits per heavy atom. The van der Waals surface area contributed by atoms with Crippen molar-refractivity contribution < 1.29 is 14.6 Å². The first-order valence-electron chi connectivity index (χ1n) is 11.0. The van der Waals surface area contributed by atoms with Crippen LogP contribution >= 0.6 is 31.9 Å². The second kappa shape index (κ2) is 12.9. The van der Waals surface area contributed by atoms with Crippen molar-refractivity contribution in [1.82, 2.24) is 19.9 Å². The van der Waals surface area contributed by atoms with Crippen molar-refractivity contribution >= 4 is 31.9 Å². The lowest BCUT2D eigenvalue weighted by atomic mass is 10.2. The molecule has 0 saturated carbocycles. The standard InChI is InChI=1S/C26H24Br2N4O3/c27-25-5-1-3-23(31-25)21-9-7-18(11-29-21)14-34-16-20(13-33)17-35-15-19-8-10-22(30-12-19)24-4-2-6-26(28)32-24/h1-12,20,33H,13-17H2. The van der Waals surface area contributed by atoms with Crippen molar-refractivity contribution in [2.45, 2.75) is 13.2 Å². The summed E-state index contributed by atoms with van der Waals surface area (Å²) >= 11 is 6.75. The van der Waals surface area contributed by atoms with Crippen molar-refractivity contribution in [2.24, 2.45) is 5.92 Å². The summed E-state index contributed by atoms with van der Waals surface area (Å²) in [5.41, 5.74) is 5.11. The highest BCUT2D eigenvalue weighted by atomic mass is 79.9. The zero-order valence-electron chi connectivity index (χ0n) is 18.8. The maximum Gasteiger partial charge on any atom is 0.106 e. The molecule has 1 N–H and O–H groups in total. The fourth-order valence-corrected chi connectivity index (χ4v) is 3.95. The molecule has 4 aromatic rings. The fourth-order valence-electron chi connectivity index (χ4n) is 3.27. The Labute approximate surface area is 220 Å². The number of hydrogen-bond acceptors (Lipinski definition) is 7. The number of ether oxygens (including phenoxy) is 2. The highest BCUT2D eigenvalue weighted by molar-refractivity contribution is 9.10. The molecule has 180 valence electrons. The lowest BCUT2D eigenvalue weighted by Crippen LogP contribution is -2.20. The Bertz CT molecular complexity index is 1130. The zero-order chi connectivity index (χ0) is 24.5. The van der Waals surface area contributed by atoms with Gasteiger partial charge in [-0.3, -0.25) is 9.97 Å². The molecule has 7 nitrogen and oxygen atoms in total. The van der Waals surface area contributed by atoms with Gasteiger partial charge in [0.15, 0.2) is 0 Å². The maximum atomic E-state index is 9.68. The number of hydrogen-bond donors (Lipinski definition) is 1. The van der Waals surface area contributed by atoms with Crippen LogP contribution in [0.15, 0.2) is 82.3 Å². The van der Waals surface area contributed by atoms with E-state index >= 15 is 0 Å². The molecule has 0 unspecified atom stereocenters. The topological polar surface area (TPSA) is 90.2 Å². The largest absolute Gasteiger partial charge is 0.396 e. The van der Waals surface area contributed by atoms with Gasteiger partial charge in [-0.2, -0.15) is 0 Å². The first-order chi connectivity index (χ1) is 17.1. The molecule has 0 aliphatic rings. The van der Waals surface area contributed by atoms with Crippen LogP contribution in [0.4, 0.5) is 0 Å². The minimum atomic E-state index is -0.119. The van der Waals surface area contributed by atoms with E-state index < -0.39 is 0 Å². The highest BCUT2D eigenvalue weighted by Crippen LogP contribution is 2.19. The van der Waals surface area contributed by atoms with E-state index in [0.717, 1.165) is 43.1 Å². The molecule has 4 rings (SSSR count). The van der Waals surface area contributed by atoms with Gasteiger partial charge in [-0.05, 0) is 79.4 Å². The molecule has 4 aromatic heterocycles. The van der Waals surface area contributed by atoms with Crippen molar-refractivity contribution in [2.75, 3.05) is 19.8 Å². The van der Waals surface area contributed by atoms with Crippen LogP contribution in [0.5, 0.6) is 0 Å². The van der Waals surface area contributed by atoms with Crippen LogP contribution in [-0.2, 0) is 22.7 Å². The smallest absolute Gasteiger partial charge is 0.106 e. The van der Waals surface area contributed by atoms with Crippen LogP contribution in [-0.4, -0.2) is 44.9 Å². The van der Waals surface area contributed by atoms with Crippen molar-refractivity contribution in [3.63, 3.8) is 0 Å². The second-order valence-electron chi connectivity index (χ2n) is 7.87. The highest BCUT2D eigenvalue weighted by Gasteiger charge is 2.10. The van der Waals surface area contributed by atoms with Crippen molar-refractivity contribution in [3.05, 3.63) is 93.4 Å². The van der Waals surface area contributed by atoms with Gasteiger partial charge >= 0.3 is 0 Å².